The molecular formula is C14H37N7O2. The number of nitrogens with one attached hydrogen (secondary N) is 3. The number of rotatable bonds is 11. The summed E-state index contributed by atoms with van der Waals surface area (Å²) in [6.45, 7) is 8.91. The molecule has 0 bridgehead atoms. The summed E-state index contributed by atoms with van der Waals surface area (Å²) in [4.78, 5) is 10.0. The number of carbonyl (C=O) groups is 1. The van der Waals surface area contributed by atoms with E-state index in [9.17, 15) is 4.79 Å². The quantitative estimate of drug-likeness (QED) is 0.153. The lowest BCUT2D eigenvalue weighted by molar-refractivity contribution is -0.137. The molecule has 0 spiro atoms. The Bertz CT molecular complexity index is 213. The van der Waals surface area contributed by atoms with Crippen LogP contribution in [0.4, 0.5) is 0 Å². The van der Waals surface area contributed by atoms with Crippen molar-refractivity contribution in [3.05, 3.63) is 0 Å². The maximum absolute atomic E-state index is 10.0. The summed E-state index contributed by atoms with van der Waals surface area (Å²) < 4.78 is 4.51. The van der Waals surface area contributed by atoms with Crippen molar-refractivity contribution in [3.8, 4) is 0 Å². The van der Waals surface area contributed by atoms with Crippen molar-refractivity contribution < 1.29 is 9.53 Å². The molecular weight excluding hydrogens is 298 g/mol. The third-order valence-electron chi connectivity index (χ3n) is 2.55. The van der Waals surface area contributed by atoms with Crippen LogP contribution >= 0.6 is 0 Å². The van der Waals surface area contributed by atoms with Gasteiger partial charge in [0.05, 0.1) is 6.61 Å². The number of esters is 1. The van der Waals surface area contributed by atoms with Crippen molar-refractivity contribution in [2.75, 3.05) is 72.1 Å². The van der Waals surface area contributed by atoms with Crippen LogP contribution in [0.25, 0.3) is 0 Å². The van der Waals surface area contributed by atoms with Gasteiger partial charge in [-0.1, -0.05) is 0 Å². The lowest BCUT2D eigenvalue weighted by atomic mass is 10.4. The summed E-state index contributed by atoms with van der Waals surface area (Å²) in [6.07, 6.45) is 1.54. The molecule has 1 aliphatic heterocycles. The van der Waals surface area contributed by atoms with Crippen LogP contribution < -0.4 is 38.9 Å². The van der Waals surface area contributed by atoms with E-state index in [4.69, 9.17) is 22.9 Å². The second kappa shape index (κ2) is 23.5. The predicted molar refractivity (Wildman–Crippen MR) is 95.0 cm³/mol. The SMILES string of the molecule is NCCNCCN.NCCNCCNCCN.O=C1CCCO1. The average molecular weight is 335 g/mol. The highest BCUT2D eigenvalue weighted by Gasteiger charge is 2.08. The molecule has 0 radical (unpaired) electrons. The average Bonchev–Trinajstić information content (AvgIpc) is 3.04. The first-order chi connectivity index (χ1) is 11.2. The minimum Gasteiger partial charge on any atom is -0.466 e. The van der Waals surface area contributed by atoms with Crippen molar-refractivity contribution in [3.63, 3.8) is 0 Å². The number of carbonyl (C=O) groups excluding carboxylic acids is 1. The van der Waals surface area contributed by atoms with E-state index in [0.29, 0.717) is 39.2 Å². The van der Waals surface area contributed by atoms with Crippen LogP contribution in [0.5, 0.6) is 0 Å². The van der Waals surface area contributed by atoms with Gasteiger partial charge in [-0.15, -0.1) is 0 Å². The predicted octanol–water partition coefficient (Wildman–Crippen LogP) is -3.10. The van der Waals surface area contributed by atoms with Crippen molar-refractivity contribution in [2.24, 2.45) is 22.9 Å². The van der Waals surface area contributed by atoms with E-state index in [0.717, 1.165) is 45.7 Å². The summed E-state index contributed by atoms with van der Waals surface area (Å²) in [7, 11) is 0. The fourth-order valence-electron chi connectivity index (χ4n) is 1.43. The van der Waals surface area contributed by atoms with Crippen molar-refractivity contribution in [1.82, 2.24) is 16.0 Å². The number of hydrogen-bond donors (Lipinski definition) is 7. The molecule has 9 heteroatoms. The molecule has 0 unspecified atom stereocenters. The molecule has 140 valence electrons. The van der Waals surface area contributed by atoms with E-state index >= 15 is 0 Å². The molecule has 1 heterocycles. The molecule has 23 heavy (non-hydrogen) atoms. The molecule has 0 aromatic rings. The molecule has 1 saturated heterocycles. The summed E-state index contributed by atoms with van der Waals surface area (Å²) >= 11 is 0. The third kappa shape index (κ3) is 26.4. The largest absolute Gasteiger partial charge is 0.466 e. The normalized spacial score (nSPS) is 12.8. The van der Waals surface area contributed by atoms with Gasteiger partial charge >= 0.3 is 5.97 Å². The fourth-order valence-corrected chi connectivity index (χ4v) is 1.43. The van der Waals surface area contributed by atoms with Gasteiger partial charge in [0.2, 0.25) is 0 Å². The van der Waals surface area contributed by atoms with Crippen molar-refractivity contribution >= 4 is 5.97 Å². The zero-order chi connectivity index (χ0) is 17.6. The first-order valence-electron chi connectivity index (χ1n) is 8.30. The zero-order valence-electron chi connectivity index (χ0n) is 14.3. The molecule has 1 fully saturated rings. The molecule has 0 aromatic heterocycles. The molecule has 1 rings (SSSR count). The topological polar surface area (TPSA) is 166 Å². The number of ether oxygens (including phenoxy) is 1. The summed E-state index contributed by atoms with van der Waals surface area (Å²) in [5, 5.41) is 9.37. The second-order valence-corrected chi connectivity index (χ2v) is 4.73. The Morgan fingerprint density at radius 2 is 1.13 bits per heavy atom. The van der Waals surface area contributed by atoms with Crippen LogP contribution in [-0.4, -0.2) is 78.0 Å². The van der Waals surface area contributed by atoms with Gasteiger partial charge in [0.25, 0.3) is 0 Å². The maximum atomic E-state index is 10.0. The van der Waals surface area contributed by atoms with E-state index in [2.05, 4.69) is 20.7 Å². The highest BCUT2D eigenvalue weighted by molar-refractivity contribution is 5.70. The monoisotopic (exact) mass is 335 g/mol. The van der Waals surface area contributed by atoms with Gasteiger partial charge < -0.3 is 43.6 Å². The Balaban J connectivity index is 0. The van der Waals surface area contributed by atoms with Gasteiger partial charge in [-0.3, -0.25) is 4.79 Å². The summed E-state index contributed by atoms with van der Waals surface area (Å²) in [6, 6.07) is 0. The lowest BCUT2D eigenvalue weighted by Crippen LogP contribution is -2.32. The zero-order valence-corrected chi connectivity index (χ0v) is 14.3. The first kappa shape index (κ1) is 24.4. The maximum Gasteiger partial charge on any atom is 0.305 e. The van der Waals surface area contributed by atoms with E-state index in [1.807, 2.05) is 0 Å². The van der Waals surface area contributed by atoms with Crippen LogP contribution in [-0.2, 0) is 9.53 Å². The molecule has 0 aromatic carbocycles. The fraction of sp³-hybridized carbons (Fsp3) is 0.929. The minimum absolute atomic E-state index is 0.0463. The smallest absolute Gasteiger partial charge is 0.305 e. The lowest BCUT2D eigenvalue weighted by Gasteiger charge is -2.03. The highest BCUT2D eigenvalue weighted by Crippen LogP contribution is 2.01. The molecule has 0 aliphatic carbocycles. The van der Waals surface area contributed by atoms with Crippen LogP contribution in [0, 0.1) is 0 Å². The van der Waals surface area contributed by atoms with Crippen LogP contribution in [0.1, 0.15) is 12.8 Å². The molecule has 11 N–H and O–H groups in total. The number of nitrogens with two attached hydrogens (primary N) is 4. The molecule has 0 atom stereocenters. The second-order valence-electron chi connectivity index (χ2n) is 4.73. The van der Waals surface area contributed by atoms with Gasteiger partial charge in [-0.25, -0.2) is 0 Å². The van der Waals surface area contributed by atoms with Crippen molar-refractivity contribution in [2.45, 2.75) is 12.8 Å². The van der Waals surface area contributed by atoms with E-state index in [-0.39, 0.29) is 5.97 Å². The van der Waals surface area contributed by atoms with Crippen LogP contribution in [0.15, 0.2) is 0 Å². The Morgan fingerprint density at radius 3 is 1.35 bits per heavy atom. The molecule has 0 saturated carbocycles. The van der Waals surface area contributed by atoms with E-state index in [1.165, 1.54) is 0 Å². The van der Waals surface area contributed by atoms with Gasteiger partial charge in [-0.05, 0) is 6.42 Å². The van der Waals surface area contributed by atoms with Gasteiger partial charge in [0.15, 0.2) is 0 Å². The molecule has 1 aliphatic rings. The Morgan fingerprint density at radius 1 is 0.739 bits per heavy atom. The molecule has 0 amide bonds. The Kier molecular flexibility index (Phi) is 24.9. The minimum atomic E-state index is -0.0463. The standard InChI is InChI=1S/C6H18N4.C4H13N3.C4H6O2/c7-1-3-9-5-6-10-4-2-8;5-1-3-7-4-2-6;5-4-2-1-3-6-4/h9-10H,1-8H2;7H,1-6H2;1-3H2. The van der Waals surface area contributed by atoms with E-state index in [1.54, 1.807) is 0 Å². The van der Waals surface area contributed by atoms with Gasteiger partial charge in [-0.2, -0.15) is 0 Å². The molecule has 9 nitrogen and oxygen atoms in total. The van der Waals surface area contributed by atoms with E-state index < -0.39 is 0 Å². The van der Waals surface area contributed by atoms with Crippen LogP contribution in [0.2, 0.25) is 0 Å². The summed E-state index contributed by atoms with van der Waals surface area (Å²) in [5.74, 6) is -0.0463. The Labute approximate surface area is 140 Å². The highest BCUT2D eigenvalue weighted by atomic mass is 16.5. The summed E-state index contributed by atoms with van der Waals surface area (Å²) in [5.41, 5.74) is 20.9. The van der Waals surface area contributed by atoms with Gasteiger partial charge in [0.1, 0.15) is 0 Å². The number of hydrogen-bond acceptors (Lipinski definition) is 9. The van der Waals surface area contributed by atoms with Gasteiger partial charge in [0, 0.05) is 71.9 Å². The number of cyclic esters (lactones) is 1. The Hall–Kier alpha value is -0.810. The third-order valence-corrected chi connectivity index (χ3v) is 2.55. The first-order valence-corrected chi connectivity index (χ1v) is 8.30. The van der Waals surface area contributed by atoms with Crippen molar-refractivity contribution in [1.29, 1.82) is 0 Å². The van der Waals surface area contributed by atoms with Crippen LogP contribution in [0.3, 0.4) is 0 Å².